The van der Waals surface area contributed by atoms with E-state index in [2.05, 4.69) is 15.2 Å². The lowest BCUT2D eigenvalue weighted by atomic mass is 10.1. The summed E-state index contributed by atoms with van der Waals surface area (Å²) < 4.78 is 13.5. The van der Waals surface area contributed by atoms with Gasteiger partial charge in [-0.2, -0.15) is 4.98 Å². The molecule has 0 aliphatic heterocycles. The largest absolute Gasteiger partial charge is 0.382 e. The lowest BCUT2D eigenvalue weighted by Crippen LogP contribution is -2.05. The van der Waals surface area contributed by atoms with E-state index in [4.69, 9.17) is 23.1 Å². The van der Waals surface area contributed by atoms with Crippen molar-refractivity contribution < 1.29 is 4.39 Å². The van der Waals surface area contributed by atoms with Gasteiger partial charge in [0.05, 0.1) is 10.6 Å². The molecule has 1 aromatic carbocycles. The van der Waals surface area contributed by atoms with Crippen molar-refractivity contribution in [3.63, 3.8) is 0 Å². The van der Waals surface area contributed by atoms with Crippen molar-refractivity contribution in [2.24, 2.45) is 0 Å². The Kier molecular flexibility index (Phi) is 2.57. The molecule has 0 saturated heterocycles. The second-order valence-electron chi connectivity index (χ2n) is 3.00. The molecule has 0 radical (unpaired) electrons. The first-order chi connectivity index (χ1) is 7.59. The topological polar surface area (TPSA) is 90.7 Å². The lowest BCUT2D eigenvalue weighted by molar-refractivity contribution is 0.630. The van der Waals surface area contributed by atoms with Gasteiger partial charge in [0.2, 0.25) is 5.95 Å². The van der Waals surface area contributed by atoms with Gasteiger partial charge >= 0.3 is 0 Å². The second-order valence-corrected chi connectivity index (χ2v) is 3.41. The Bertz CT molecular complexity index is 525. The molecule has 0 aliphatic carbocycles. The number of benzene rings is 1. The summed E-state index contributed by atoms with van der Waals surface area (Å²) in [5.41, 5.74) is 11.0. The third-order valence-electron chi connectivity index (χ3n) is 1.93. The first-order valence-electron chi connectivity index (χ1n) is 4.29. The van der Waals surface area contributed by atoms with Crippen LogP contribution in [0.4, 0.5) is 16.2 Å². The van der Waals surface area contributed by atoms with E-state index in [1.165, 1.54) is 18.2 Å². The summed E-state index contributed by atoms with van der Waals surface area (Å²) in [5, 5.41) is 7.38. The van der Waals surface area contributed by atoms with E-state index >= 15 is 0 Å². The zero-order valence-corrected chi connectivity index (χ0v) is 8.74. The maximum Gasteiger partial charge on any atom is 0.242 e. The van der Waals surface area contributed by atoms with Crippen molar-refractivity contribution in [2.45, 2.75) is 0 Å². The normalized spacial score (nSPS) is 10.4. The number of nitrogens with zero attached hydrogens (tertiary/aromatic N) is 3. The third kappa shape index (κ3) is 1.74. The zero-order chi connectivity index (χ0) is 11.7. The van der Waals surface area contributed by atoms with Gasteiger partial charge in [-0.15, -0.1) is 10.2 Å². The minimum atomic E-state index is -0.542. The van der Waals surface area contributed by atoms with Gasteiger partial charge < -0.3 is 11.5 Å². The lowest BCUT2D eigenvalue weighted by Gasteiger charge is -2.06. The number of halogens is 2. The summed E-state index contributed by atoms with van der Waals surface area (Å²) in [6.07, 6.45) is 0. The standard InChI is InChI=1S/C9H7ClFN5/c10-4-2-1-3-5(11)6(4)7-8(12)14-9(13)16-15-7/h1-3H,(H4,12,13,14,16). The summed E-state index contributed by atoms with van der Waals surface area (Å²) in [5.74, 6) is -0.631. The Morgan fingerprint density at radius 1 is 1.19 bits per heavy atom. The molecule has 0 saturated carbocycles. The number of nitrogens with two attached hydrogens (primary N) is 2. The second kappa shape index (κ2) is 3.90. The fraction of sp³-hybridized carbons (Fsp3) is 0. The quantitative estimate of drug-likeness (QED) is 0.787. The highest BCUT2D eigenvalue weighted by molar-refractivity contribution is 6.33. The van der Waals surface area contributed by atoms with Crippen molar-refractivity contribution in [2.75, 3.05) is 11.5 Å². The van der Waals surface area contributed by atoms with Crippen molar-refractivity contribution in [1.29, 1.82) is 0 Å². The van der Waals surface area contributed by atoms with Crippen LogP contribution in [0.5, 0.6) is 0 Å². The Balaban J connectivity index is 2.68. The molecule has 2 rings (SSSR count). The predicted molar refractivity (Wildman–Crippen MR) is 59.1 cm³/mol. The fourth-order valence-corrected chi connectivity index (χ4v) is 1.51. The summed E-state index contributed by atoms with van der Waals surface area (Å²) in [6, 6.07) is 4.26. The molecular formula is C9H7ClFN5. The SMILES string of the molecule is Nc1nnc(-c2c(F)cccc2Cl)c(N)n1. The highest BCUT2D eigenvalue weighted by Crippen LogP contribution is 2.31. The van der Waals surface area contributed by atoms with E-state index in [1.54, 1.807) is 0 Å². The fourth-order valence-electron chi connectivity index (χ4n) is 1.25. The van der Waals surface area contributed by atoms with Crippen molar-refractivity contribution in [1.82, 2.24) is 15.2 Å². The summed E-state index contributed by atoms with van der Waals surface area (Å²) >= 11 is 5.85. The van der Waals surface area contributed by atoms with Crippen LogP contribution in [-0.2, 0) is 0 Å². The van der Waals surface area contributed by atoms with Crippen LogP contribution in [-0.4, -0.2) is 15.2 Å². The van der Waals surface area contributed by atoms with E-state index in [-0.39, 0.29) is 28.0 Å². The van der Waals surface area contributed by atoms with Crippen LogP contribution >= 0.6 is 11.6 Å². The Hall–Kier alpha value is -1.95. The highest BCUT2D eigenvalue weighted by atomic mass is 35.5. The highest BCUT2D eigenvalue weighted by Gasteiger charge is 2.15. The molecule has 2 aromatic rings. The molecule has 5 nitrogen and oxygen atoms in total. The molecule has 4 N–H and O–H groups in total. The van der Waals surface area contributed by atoms with E-state index in [0.29, 0.717) is 0 Å². The molecule has 0 bridgehead atoms. The van der Waals surface area contributed by atoms with Crippen LogP contribution in [0, 0.1) is 5.82 Å². The van der Waals surface area contributed by atoms with Gasteiger partial charge in [0, 0.05) is 0 Å². The van der Waals surface area contributed by atoms with Gasteiger partial charge in [-0.1, -0.05) is 17.7 Å². The number of hydrogen-bond donors (Lipinski definition) is 2. The van der Waals surface area contributed by atoms with Crippen LogP contribution in [0.25, 0.3) is 11.3 Å². The number of aromatic nitrogens is 3. The van der Waals surface area contributed by atoms with E-state index in [1.807, 2.05) is 0 Å². The van der Waals surface area contributed by atoms with Crippen molar-refractivity contribution >= 4 is 23.4 Å². The first-order valence-corrected chi connectivity index (χ1v) is 4.67. The van der Waals surface area contributed by atoms with Gasteiger partial charge in [0.1, 0.15) is 11.5 Å². The predicted octanol–water partition coefficient (Wildman–Crippen LogP) is 1.50. The Morgan fingerprint density at radius 2 is 1.94 bits per heavy atom. The van der Waals surface area contributed by atoms with Gasteiger partial charge in [-0.05, 0) is 12.1 Å². The maximum atomic E-state index is 13.5. The molecule has 0 fully saturated rings. The molecule has 16 heavy (non-hydrogen) atoms. The van der Waals surface area contributed by atoms with Crippen molar-refractivity contribution in [3.8, 4) is 11.3 Å². The molecular weight excluding hydrogens is 233 g/mol. The smallest absolute Gasteiger partial charge is 0.242 e. The zero-order valence-electron chi connectivity index (χ0n) is 7.98. The van der Waals surface area contributed by atoms with Gasteiger partial charge in [-0.25, -0.2) is 4.39 Å². The Labute approximate surface area is 95.3 Å². The average Bonchev–Trinajstić information content (AvgIpc) is 2.20. The van der Waals surface area contributed by atoms with Crippen LogP contribution in [0.1, 0.15) is 0 Å². The Morgan fingerprint density at radius 3 is 2.56 bits per heavy atom. The van der Waals surface area contributed by atoms with Crippen molar-refractivity contribution in [3.05, 3.63) is 29.0 Å². The van der Waals surface area contributed by atoms with Crippen LogP contribution in [0.3, 0.4) is 0 Å². The molecule has 0 spiro atoms. The first kappa shape index (κ1) is 10.6. The number of hydrogen-bond acceptors (Lipinski definition) is 5. The summed E-state index contributed by atoms with van der Waals surface area (Å²) in [4.78, 5) is 3.69. The van der Waals surface area contributed by atoms with Crippen LogP contribution in [0.15, 0.2) is 18.2 Å². The third-order valence-corrected chi connectivity index (χ3v) is 2.24. The molecule has 0 amide bonds. The van der Waals surface area contributed by atoms with E-state index in [0.717, 1.165) is 0 Å². The molecule has 1 heterocycles. The number of anilines is 2. The van der Waals surface area contributed by atoms with E-state index < -0.39 is 5.82 Å². The monoisotopic (exact) mass is 239 g/mol. The van der Waals surface area contributed by atoms with Gasteiger partial charge in [0.25, 0.3) is 0 Å². The number of rotatable bonds is 1. The molecule has 0 unspecified atom stereocenters. The van der Waals surface area contributed by atoms with E-state index in [9.17, 15) is 4.39 Å². The minimum absolute atomic E-state index is 0.0144. The maximum absolute atomic E-state index is 13.5. The van der Waals surface area contributed by atoms with Crippen LogP contribution in [0.2, 0.25) is 5.02 Å². The molecule has 0 aliphatic rings. The average molecular weight is 240 g/mol. The molecule has 0 atom stereocenters. The molecule has 7 heteroatoms. The van der Waals surface area contributed by atoms with Gasteiger partial charge in [0.15, 0.2) is 5.82 Å². The minimum Gasteiger partial charge on any atom is -0.382 e. The summed E-state index contributed by atoms with van der Waals surface area (Å²) in [6.45, 7) is 0. The van der Waals surface area contributed by atoms with Crippen LogP contribution < -0.4 is 11.5 Å². The van der Waals surface area contributed by atoms with Gasteiger partial charge in [-0.3, -0.25) is 0 Å². The molecule has 1 aromatic heterocycles. The molecule has 82 valence electrons. The summed E-state index contributed by atoms with van der Waals surface area (Å²) in [7, 11) is 0. The number of nitrogen functional groups attached to an aromatic ring is 2.